The van der Waals surface area contributed by atoms with Crippen molar-refractivity contribution in [1.29, 1.82) is 0 Å². The van der Waals surface area contributed by atoms with Gasteiger partial charge in [0.25, 0.3) is 0 Å². The summed E-state index contributed by atoms with van der Waals surface area (Å²) in [5.74, 6) is 0. The Hall–Kier alpha value is -5.86. The number of hydrogen-bond acceptors (Lipinski definition) is 2. The van der Waals surface area contributed by atoms with Gasteiger partial charge in [-0.2, -0.15) is 0 Å². The summed E-state index contributed by atoms with van der Waals surface area (Å²) < 4.78 is 6.51. The summed E-state index contributed by atoms with van der Waals surface area (Å²) in [4.78, 5) is 2.58. The van der Waals surface area contributed by atoms with Gasteiger partial charge in [-0.25, -0.2) is 0 Å². The zero-order valence-electron chi connectivity index (χ0n) is 29.4. The molecule has 0 atom stereocenters. The number of fused-ring (bicyclic) bond motifs is 5. The van der Waals surface area contributed by atoms with E-state index in [1.54, 1.807) is 11.1 Å². The molecule has 2 heteroatoms. The quantitative estimate of drug-likeness (QED) is 0.175. The highest BCUT2D eigenvalue weighted by Gasteiger charge is 2.31. The Balaban J connectivity index is 1.19. The number of rotatable bonds is 6. The number of anilines is 3. The van der Waals surface area contributed by atoms with Crippen LogP contribution in [0.1, 0.15) is 47.9 Å². The smallest absolute Gasteiger partial charge is 0.137 e. The molecule has 0 amide bonds. The third-order valence-corrected chi connectivity index (χ3v) is 11.5. The van der Waals surface area contributed by atoms with E-state index < -0.39 is 0 Å². The maximum Gasteiger partial charge on any atom is 0.137 e. The summed E-state index contributed by atoms with van der Waals surface area (Å²) in [6.45, 7) is 0. The van der Waals surface area contributed by atoms with Gasteiger partial charge in [0.05, 0.1) is 5.69 Å². The monoisotopic (exact) mass is 671 g/mol. The van der Waals surface area contributed by atoms with Crippen molar-refractivity contribution in [3.8, 4) is 33.4 Å². The molecule has 52 heavy (non-hydrogen) atoms. The minimum absolute atomic E-state index is 0.933. The molecule has 1 heterocycles. The molecule has 0 saturated heterocycles. The van der Waals surface area contributed by atoms with Crippen LogP contribution in [0.25, 0.3) is 55.3 Å². The first-order valence-corrected chi connectivity index (χ1v) is 19.0. The standard InChI is InChI=1S/C50H41NO/c1-3-13-34(14-4-1)36-23-25-38(26-24-36)49-43-18-7-9-20-45(43)50(46-21-10-8-19-44(46)49)51(39-29-27-37(28-30-39)35-15-5-2-6-16-35)40-31-32-42-41-17-11-12-22-47(41)52-48(42)33-40/h1-6,11-17,22-33H,7-10,18-21H2. The van der Waals surface area contributed by atoms with E-state index in [-0.39, 0.29) is 0 Å². The van der Waals surface area contributed by atoms with Gasteiger partial charge >= 0.3 is 0 Å². The van der Waals surface area contributed by atoms with Gasteiger partial charge in [0.2, 0.25) is 0 Å². The lowest BCUT2D eigenvalue weighted by Gasteiger charge is -2.37. The Morgan fingerprint density at radius 1 is 0.365 bits per heavy atom. The second-order valence-corrected chi connectivity index (χ2v) is 14.5. The van der Waals surface area contributed by atoms with E-state index in [0.29, 0.717) is 0 Å². The van der Waals surface area contributed by atoms with E-state index in [2.05, 4.69) is 157 Å². The first-order chi connectivity index (χ1) is 25.8. The van der Waals surface area contributed by atoms with Crippen LogP contribution in [0.15, 0.2) is 156 Å². The van der Waals surface area contributed by atoms with Crippen LogP contribution in [0, 0.1) is 0 Å². The summed E-state index contributed by atoms with van der Waals surface area (Å²) in [6.07, 6.45) is 9.33. The molecule has 1 aromatic heterocycles. The molecule has 0 fully saturated rings. The van der Waals surface area contributed by atoms with Crippen LogP contribution in [-0.4, -0.2) is 0 Å². The minimum Gasteiger partial charge on any atom is -0.456 e. The van der Waals surface area contributed by atoms with Crippen LogP contribution < -0.4 is 4.90 Å². The molecule has 0 spiro atoms. The Bertz CT molecular complexity index is 2510. The molecule has 2 aliphatic rings. The van der Waals surface area contributed by atoms with Gasteiger partial charge in [-0.15, -0.1) is 0 Å². The van der Waals surface area contributed by atoms with Crippen molar-refractivity contribution in [2.75, 3.05) is 4.90 Å². The van der Waals surface area contributed by atoms with Crippen molar-refractivity contribution in [2.45, 2.75) is 51.4 Å². The van der Waals surface area contributed by atoms with E-state index in [0.717, 1.165) is 47.9 Å². The van der Waals surface area contributed by atoms with Gasteiger partial charge in [0.15, 0.2) is 0 Å². The maximum atomic E-state index is 6.51. The molecule has 10 rings (SSSR count). The fourth-order valence-corrected chi connectivity index (χ4v) is 9.02. The highest BCUT2D eigenvalue weighted by Crippen LogP contribution is 2.50. The molecule has 0 unspecified atom stereocenters. The lowest BCUT2D eigenvalue weighted by molar-refractivity contribution is 0.660. The van der Waals surface area contributed by atoms with Crippen LogP contribution in [0.5, 0.6) is 0 Å². The van der Waals surface area contributed by atoms with Crippen molar-refractivity contribution in [3.05, 3.63) is 174 Å². The molecular weight excluding hydrogens is 631 g/mol. The highest BCUT2D eigenvalue weighted by molar-refractivity contribution is 6.06. The van der Waals surface area contributed by atoms with Crippen molar-refractivity contribution in [3.63, 3.8) is 0 Å². The van der Waals surface area contributed by atoms with Gasteiger partial charge in [-0.1, -0.05) is 115 Å². The van der Waals surface area contributed by atoms with Crippen LogP contribution >= 0.6 is 0 Å². The Morgan fingerprint density at radius 2 is 0.827 bits per heavy atom. The van der Waals surface area contributed by atoms with Crippen molar-refractivity contribution < 1.29 is 4.42 Å². The summed E-state index contributed by atoms with van der Waals surface area (Å²) in [5.41, 5.74) is 19.7. The minimum atomic E-state index is 0.933. The zero-order chi connectivity index (χ0) is 34.4. The van der Waals surface area contributed by atoms with Gasteiger partial charge in [-0.3, -0.25) is 0 Å². The van der Waals surface area contributed by atoms with E-state index in [1.165, 1.54) is 87.0 Å². The maximum absolute atomic E-state index is 6.51. The first-order valence-electron chi connectivity index (χ1n) is 19.0. The Labute approximate surface area is 306 Å². The summed E-state index contributed by atoms with van der Waals surface area (Å²) in [5, 5.41) is 2.33. The molecule has 0 bridgehead atoms. The predicted molar refractivity (Wildman–Crippen MR) is 218 cm³/mol. The molecule has 2 aliphatic carbocycles. The zero-order valence-corrected chi connectivity index (χ0v) is 29.4. The van der Waals surface area contributed by atoms with Crippen LogP contribution in [0.2, 0.25) is 0 Å². The topological polar surface area (TPSA) is 16.4 Å². The molecule has 0 saturated carbocycles. The molecule has 0 N–H and O–H groups in total. The van der Waals surface area contributed by atoms with Gasteiger partial charge in [-0.05, 0) is 137 Å². The summed E-state index contributed by atoms with van der Waals surface area (Å²) in [6, 6.07) is 55.4. The van der Waals surface area contributed by atoms with E-state index in [1.807, 2.05) is 0 Å². The molecule has 8 aromatic rings. The third-order valence-electron chi connectivity index (χ3n) is 11.5. The van der Waals surface area contributed by atoms with Crippen molar-refractivity contribution in [1.82, 2.24) is 0 Å². The SMILES string of the molecule is c1ccc(-c2ccc(-c3c4c(c(N(c5ccc(-c6ccccc6)cc5)c5ccc6c(c5)oc5ccccc56)c5c3CCCC5)CCCC4)cc2)cc1. The molecule has 252 valence electrons. The van der Waals surface area contributed by atoms with E-state index in [4.69, 9.17) is 4.42 Å². The summed E-state index contributed by atoms with van der Waals surface area (Å²) >= 11 is 0. The molecule has 0 radical (unpaired) electrons. The molecule has 2 nitrogen and oxygen atoms in total. The number of furan rings is 1. The fraction of sp³-hybridized carbons (Fsp3) is 0.160. The van der Waals surface area contributed by atoms with Crippen molar-refractivity contribution in [2.24, 2.45) is 0 Å². The van der Waals surface area contributed by atoms with E-state index >= 15 is 0 Å². The lowest BCUT2D eigenvalue weighted by Crippen LogP contribution is -2.21. The predicted octanol–water partition coefficient (Wildman–Crippen LogP) is 13.8. The number of para-hydroxylation sites is 1. The molecule has 0 aliphatic heterocycles. The second kappa shape index (κ2) is 13.0. The highest BCUT2D eigenvalue weighted by atomic mass is 16.3. The van der Waals surface area contributed by atoms with E-state index in [9.17, 15) is 0 Å². The average Bonchev–Trinajstić information content (AvgIpc) is 3.60. The Kier molecular flexibility index (Phi) is 7.75. The average molecular weight is 672 g/mol. The van der Waals surface area contributed by atoms with Gasteiger partial charge in [0.1, 0.15) is 11.2 Å². The number of hydrogen-bond donors (Lipinski definition) is 0. The molecule has 7 aromatic carbocycles. The third kappa shape index (κ3) is 5.33. The fourth-order valence-electron chi connectivity index (χ4n) is 9.02. The Morgan fingerprint density at radius 3 is 1.44 bits per heavy atom. The van der Waals surface area contributed by atoms with Crippen LogP contribution in [0.3, 0.4) is 0 Å². The van der Waals surface area contributed by atoms with Gasteiger partial charge < -0.3 is 9.32 Å². The largest absolute Gasteiger partial charge is 0.456 e. The number of nitrogens with zero attached hydrogens (tertiary/aromatic N) is 1. The summed E-state index contributed by atoms with van der Waals surface area (Å²) in [7, 11) is 0. The number of benzene rings is 7. The lowest BCUT2D eigenvalue weighted by atomic mass is 9.75. The first kappa shape index (κ1) is 30.9. The second-order valence-electron chi connectivity index (χ2n) is 14.5. The van der Waals surface area contributed by atoms with Gasteiger partial charge in [0, 0.05) is 28.2 Å². The van der Waals surface area contributed by atoms with Crippen LogP contribution in [0.4, 0.5) is 17.1 Å². The normalized spacial score (nSPS) is 13.9. The van der Waals surface area contributed by atoms with Crippen LogP contribution in [-0.2, 0) is 25.7 Å². The van der Waals surface area contributed by atoms with Crippen molar-refractivity contribution >= 4 is 39.0 Å². The molecular formula is C50H41NO.